The molecule has 1 N–H and O–H groups in total. The van der Waals surface area contributed by atoms with Crippen LogP contribution in [0.3, 0.4) is 0 Å². The minimum Gasteiger partial charge on any atom is -0.472 e. The number of nitrogens with zero attached hydrogens (tertiary/aromatic N) is 1. The van der Waals surface area contributed by atoms with Crippen molar-refractivity contribution in [2.45, 2.75) is 18.9 Å². The predicted octanol–water partition coefficient (Wildman–Crippen LogP) is 1.97. The van der Waals surface area contributed by atoms with E-state index in [1.165, 1.54) is 6.42 Å². The van der Waals surface area contributed by atoms with E-state index in [9.17, 15) is 0 Å². The smallest absolute Gasteiger partial charge is 0.228 e. The molecule has 0 saturated carbocycles. The van der Waals surface area contributed by atoms with Crippen molar-refractivity contribution in [2.24, 2.45) is 0 Å². The summed E-state index contributed by atoms with van der Waals surface area (Å²) in [6.45, 7) is 2.02. The first-order valence-corrected chi connectivity index (χ1v) is 5.63. The van der Waals surface area contributed by atoms with Crippen LogP contribution < -0.4 is 10.1 Å². The molecule has 1 aromatic rings. The van der Waals surface area contributed by atoms with Crippen LogP contribution in [0.4, 0.5) is 0 Å². The third-order valence-corrected chi connectivity index (χ3v) is 2.86. The second-order valence-electron chi connectivity index (χ2n) is 3.38. The summed E-state index contributed by atoms with van der Waals surface area (Å²) < 4.78 is 6.69. The second-order valence-corrected chi connectivity index (χ2v) is 4.23. The SMILES string of the molecule is Brc1cccnc1OC1CCCNC1. The molecule has 1 unspecified atom stereocenters. The van der Waals surface area contributed by atoms with Gasteiger partial charge >= 0.3 is 0 Å². The average Bonchev–Trinajstić information content (AvgIpc) is 2.23. The highest BCUT2D eigenvalue weighted by molar-refractivity contribution is 9.10. The average molecular weight is 257 g/mol. The molecule has 76 valence electrons. The maximum atomic E-state index is 5.77. The molecule has 1 saturated heterocycles. The van der Waals surface area contributed by atoms with Gasteiger partial charge in [-0.3, -0.25) is 0 Å². The fourth-order valence-corrected chi connectivity index (χ4v) is 1.88. The predicted molar refractivity (Wildman–Crippen MR) is 58.5 cm³/mol. The molecule has 2 heterocycles. The van der Waals surface area contributed by atoms with Crippen LogP contribution in [0.15, 0.2) is 22.8 Å². The summed E-state index contributed by atoms with van der Waals surface area (Å²) in [5.41, 5.74) is 0. The van der Waals surface area contributed by atoms with Gasteiger partial charge in [-0.15, -0.1) is 0 Å². The lowest BCUT2D eigenvalue weighted by atomic mass is 10.1. The Kier molecular flexibility index (Phi) is 3.37. The van der Waals surface area contributed by atoms with E-state index in [1.807, 2.05) is 12.1 Å². The van der Waals surface area contributed by atoms with Crippen molar-refractivity contribution in [1.82, 2.24) is 10.3 Å². The first kappa shape index (κ1) is 9.93. The Morgan fingerprint density at radius 1 is 1.57 bits per heavy atom. The topological polar surface area (TPSA) is 34.1 Å². The molecule has 1 atom stereocenters. The van der Waals surface area contributed by atoms with Crippen molar-refractivity contribution in [2.75, 3.05) is 13.1 Å². The summed E-state index contributed by atoms with van der Waals surface area (Å²) in [7, 11) is 0. The van der Waals surface area contributed by atoms with E-state index < -0.39 is 0 Å². The van der Waals surface area contributed by atoms with Crippen LogP contribution in [0.2, 0.25) is 0 Å². The minimum absolute atomic E-state index is 0.259. The molecular weight excluding hydrogens is 244 g/mol. The van der Waals surface area contributed by atoms with Crippen molar-refractivity contribution in [1.29, 1.82) is 0 Å². The normalized spacial score (nSPS) is 21.9. The van der Waals surface area contributed by atoms with Gasteiger partial charge in [-0.1, -0.05) is 0 Å². The van der Waals surface area contributed by atoms with Crippen molar-refractivity contribution in [3.8, 4) is 5.88 Å². The molecule has 14 heavy (non-hydrogen) atoms. The summed E-state index contributed by atoms with van der Waals surface area (Å²) in [5, 5.41) is 3.31. The lowest BCUT2D eigenvalue weighted by Crippen LogP contribution is -2.37. The molecule has 0 spiro atoms. The van der Waals surface area contributed by atoms with Gasteiger partial charge in [0.25, 0.3) is 0 Å². The fourth-order valence-electron chi connectivity index (χ4n) is 1.54. The molecule has 3 nitrogen and oxygen atoms in total. The van der Waals surface area contributed by atoms with E-state index in [2.05, 4.69) is 26.2 Å². The Morgan fingerprint density at radius 3 is 3.21 bits per heavy atom. The van der Waals surface area contributed by atoms with E-state index in [1.54, 1.807) is 6.20 Å². The molecule has 1 fully saturated rings. The zero-order valence-electron chi connectivity index (χ0n) is 7.87. The number of hydrogen-bond acceptors (Lipinski definition) is 3. The monoisotopic (exact) mass is 256 g/mol. The summed E-state index contributed by atoms with van der Waals surface area (Å²) in [5.74, 6) is 0.696. The van der Waals surface area contributed by atoms with Crippen LogP contribution in [0.25, 0.3) is 0 Å². The second kappa shape index (κ2) is 4.75. The standard InChI is InChI=1S/C10H13BrN2O/c11-9-4-2-6-13-10(9)14-8-3-1-5-12-7-8/h2,4,6,8,12H,1,3,5,7H2. The Labute approximate surface area is 92.0 Å². The van der Waals surface area contributed by atoms with Crippen LogP contribution in [-0.4, -0.2) is 24.2 Å². The molecule has 0 bridgehead atoms. The third kappa shape index (κ3) is 2.45. The summed E-state index contributed by atoms with van der Waals surface area (Å²) >= 11 is 3.42. The molecule has 1 aliphatic heterocycles. The Morgan fingerprint density at radius 2 is 2.50 bits per heavy atom. The quantitative estimate of drug-likeness (QED) is 0.879. The zero-order chi connectivity index (χ0) is 9.80. The van der Waals surface area contributed by atoms with Crippen LogP contribution in [0, 0.1) is 0 Å². The minimum atomic E-state index is 0.259. The summed E-state index contributed by atoms with van der Waals surface area (Å²) in [4.78, 5) is 4.18. The van der Waals surface area contributed by atoms with Gasteiger partial charge in [0.2, 0.25) is 5.88 Å². The molecule has 0 aromatic carbocycles. The maximum Gasteiger partial charge on any atom is 0.228 e. The van der Waals surface area contributed by atoms with E-state index in [0.29, 0.717) is 5.88 Å². The maximum absolute atomic E-state index is 5.77. The number of nitrogens with one attached hydrogen (secondary N) is 1. The highest BCUT2D eigenvalue weighted by Crippen LogP contribution is 2.23. The number of aromatic nitrogens is 1. The number of hydrogen-bond donors (Lipinski definition) is 1. The number of halogens is 1. The molecule has 0 radical (unpaired) electrons. The Balaban J connectivity index is 1.99. The van der Waals surface area contributed by atoms with Crippen molar-refractivity contribution in [3.63, 3.8) is 0 Å². The van der Waals surface area contributed by atoms with Gasteiger partial charge in [0.05, 0.1) is 4.47 Å². The van der Waals surface area contributed by atoms with Crippen LogP contribution >= 0.6 is 15.9 Å². The van der Waals surface area contributed by atoms with Crippen molar-refractivity contribution in [3.05, 3.63) is 22.8 Å². The van der Waals surface area contributed by atoms with Gasteiger partial charge in [-0.05, 0) is 47.4 Å². The molecule has 0 aliphatic carbocycles. The summed E-state index contributed by atoms with van der Waals surface area (Å²) in [6.07, 6.45) is 4.29. The Hall–Kier alpha value is -0.610. The fraction of sp³-hybridized carbons (Fsp3) is 0.500. The van der Waals surface area contributed by atoms with Crippen LogP contribution in [0.1, 0.15) is 12.8 Å². The van der Waals surface area contributed by atoms with Gasteiger partial charge in [0.1, 0.15) is 6.10 Å². The van der Waals surface area contributed by atoms with Crippen LogP contribution in [-0.2, 0) is 0 Å². The first-order valence-electron chi connectivity index (χ1n) is 4.84. The largest absolute Gasteiger partial charge is 0.472 e. The van der Waals surface area contributed by atoms with Crippen LogP contribution in [0.5, 0.6) is 5.88 Å². The first-order chi connectivity index (χ1) is 6.86. The lowest BCUT2D eigenvalue weighted by Gasteiger charge is -2.23. The highest BCUT2D eigenvalue weighted by Gasteiger charge is 2.15. The van der Waals surface area contributed by atoms with Crippen molar-refractivity contribution < 1.29 is 4.74 Å². The molecular formula is C10H13BrN2O. The Bertz CT molecular complexity index is 300. The van der Waals surface area contributed by atoms with Gasteiger partial charge in [-0.25, -0.2) is 4.98 Å². The van der Waals surface area contributed by atoms with Gasteiger partial charge in [-0.2, -0.15) is 0 Å². The van der Waals surface area contributed by atoms with Gasteiger partial charge in [0, 0.05) is 12.7 Å². The molecule has 2 rings (SSSR count). The third-order valence-electron chi connectivity index (χ3n) is 2.25. The van der Waals surface area contributed by atoms with Gasteiger partial charge < -0.3 is 10.1 Å². The van der Waals surface area contributed by atoms with E-state index >= 15 is 0 Å². The van der Waals surface area contributed by atoms with Crippen molar-refractivity contribution >= 4 is 15.9 Å². The molecule has 0 amide bonds. The molecule has 1 aliphatic rings. The van der Waals surface area contributed by atoms with E-state index in [4.69, 9.17) is 4.74 Å². The molecule has 4 heteroatoms. The van der Waals surface area contributed by atoms with E-state index in [0.717, 1.165) is 24.0 Å². The molecule has 1 aromatic heterocycles. The summed E-state index contributed by atoms with van der Waals surface area (Å²) in [6, 6.07) is 3.83. The number of pyridine rings is 1. The highest BCUT2D eigenvalue weighted by atomic mass is 79.9. The van der Waals surface area contributed by atoms with Gasteiger partial charge in [0.15, 0.2) is 0 Å². The number of piperidine rings is 1. The number of ether oxygens (including phenoxy) is 1. The van der Waals surface area contributed by atoms with E-state index in [-0.39, 0.29) is 6.10 Å². The zero-order valence-corrected chi connectivity index (χ0v) is 9.46. The lowest BCUT2D eigenvalue weighted by molar-refractivity contribution is 0.159. The number of rotatable bonds is 2.